The fourth-order valence-electron chi connectivity index (χ4n) is 1.34. The Morgan fingerprint density at radius 1 is 1.75 bits per heavy atom. The zero-order valence-electron chi connectivity index (χ0n) is 7.46. The van der Waals surface area contributed by atoms with E-state index in [1.165, 1.54) is 4.48 Å². The van der Waals surface area contributed by atoms with Crippen molar-refractivity contribution in [1.29, 1.82) is 0 Å². The van der Waals surface area contributed by atoms with E-state index in [-0.39, 0.29) is 6.10 Å². The summed E-state index contributed by atoms with van der Waals surface area (Å²) in [6, 6.07) is 0. The number of aliphatic hydroxyl groups is 1. The highest BCUT2D eigenvalue weighted by Crippen LogP contribution is 2.15. The van der Waals surface area contributed by atoms with Crippen molar-refractivity contribution in [3.8, 4) is 0 Å². The third-order valence-corrected chi connectivity index (χ3v) is 2.70. The predicted molar refractivity (Wildman–Crippen MR) is 54.4 cm³/mol. The van der Waals surface area contributed by atoms with Gasteiger partial charge >= 0.3 is 0 Å². The molecule has 0 unspecified atom stereocenters. The third kappa shape index (κ3) is 3.25. The van der Waals surface area contributed by atoms with Crippen molar-refractivity contribution < 1.29 is 5.11 Å². The van der Waals surface area contributed by atoms with Gasteiger partial charge in [0.25, 0.3) is 0 Å². The molecule has 12 heavy (non-hydrogen) atoms. The van der Waals surface area contributed by atoms with E-state index < -0.39 is 0 Å². The SMILES string of the molecule is CC[C@@H](O)CN1CCC=C(Br)C1. The summed E-state index contributed by atoms with van der Waals surface area (Å²) in [4.78, 5) is 2.28. The van der Waals surface area contributed by atoms with Gasteiger partial charge in [-0.05, 0) is 12.8 Å². The Kier molecular flexibility index (Phi) is 4.26. The number of hydrogen-bond acceptors (Lipinski definition) is 2. The van der Waals surface area contributed by atoms with Gasteiger partial charge < -0.3 is 5.11 Å². The van der Waals surface area contributed by atoms with Gasteiger partial charge in [-0.3, -0.25) is 4.90 Å². The summed E-state index contributed by atoms with van der Waals surface area (Å²) >= 11 is 3.48. The van der Waals surface area contributed by atoms with Crippen LogP contribution in [0.5, 0.6) is 0 Å². The Hall–Kier alpha value is 0.140. The van der Waals surface area contributed by atoms with Gasteiger partial charge in [0.05, 0.1) is 6.10 Å². The second kappa shape index (κ2) is 5.00. The maximum absolute atomic E-state index is 9.42. The standard InChI is InChI=1S/C9H16BrNO/c1-2-9(12)7-11-5-3-4-8(10)6-11/h4,9,12H,2-3,5-7H2,1H3/t9-/m1/s1. The molecule has 0 aliphatic carbocycles. The van der Waals surface area contributed by atoms with Crippen LogP contribution in [-0.4, -0.2) is 35.7 Å². The molecular formula is C9H16BrNO. The van der Waals surface area contributed by atoms with Crippen LogP contribution in [0.3, 0.4) is 0 Å². The summed E-state index contributed by atoms with van der Waals surface area (Å²) < 4.78 is 1.25. The van der Waals surface area contributed by atoms with Gasteiger partial charge in [-0.15, -0.1) is 0 Å². The number of halogens is 1. The topological polar surface area (TPSA) is 23.5 Å². The fraction of sp³-hybridized carbons (Fsp3) is 0.778. The Bertz CT molecular complexity index is 170. The zero-order chi connectivity index (χ0) is 8.97. The molecule has 0 aromatic carbocycles. The molecule has 0 fully saturated rings. The lowest BCUT2D eigenvalue weighted by atomic mass is 10.2. The van der Waals surface area contributed by atoms with Crippen LogP contribution in [0.25, 0.3) is 0 Å². The Labute approximate surface area is 82.4 Å². The van der Waals surface area contributed by atoms with E-state index in [0.29, 0.717) is 0 Å². The lowest BCUT2D eigenvalue weighted by molar-refractivity contribution is 0.114. The van der Waals surface area contributed by atoms with Crippen LogP contribution in [0.15, 0.2) is 10.6 Å². The molecule has 1 heterocycles. The van der Waals surface area contributed by atoms with Crippen molar-refractivity contribution in [2.75, 3.05) is 19.6 Å². The number of hydrogen-bond donors (Lipinski definition) is 1. The van der Waals surface area contributed by atoms with Crippen LogP contribution >= 0.6 is 15.9 Å². The number of aliphatic hydroxyl groups excluding tert-OH is 1. The second-order valence-electron chi connectivity index (χ2n) is 3.24. The zero-order valence-corrected chi connectivity index (χ0v) is 9.05. The van der Waals surface area contributed by atoms with Crippen molar-refractivity contribution in [2.45, 2.75) is 25.9 Å². The van der Waals surface area contributed by atoms with E-state index >= 15 is 0 Å². The minimum Gasteiger partial charge on any atom is -0.392 e. The van der Waals surface area contributed by atoms with Crippen LogP contribution in [0.4, 0.5) is 0 Å². The number of nitrogens with zero attached hydrogens (tertiary/aromatic N) is 1. The van der Waals surface area contributed by atoms with E-state index in [1.807, 2.05) is 6.92 Å². The molecule has 0 saturated carbocycles. The van der Waals surface area contributed by atoms with E-state index in [1.54, 1.807) is 0 Å². The van der Waals surface area contributed by atoms with E-state index in [9.17, 15) is 5.11 Å². The molecule has 1 N–H and O–H groups in total. The van der Waals surface area contributed by atoms with Gasteiger partial charge in [-0.1, -0.05) is 28.9 Å². The average Bonchev–Trinajstić information content (AvgIpc) is 2.04. The Morgan fingerprint density at radius 2 is 2.50 bits per heavy atom. The summed E-state index contributed by atoms with van der Waals surface area (Å²) in [5.74, 6) is 0. The maximum atomic E-state index is 9.42. The smallest absolute Gasteiger partial charge is 0.0664 e. The second-order valence-corrected chi connectivity index (χ2v) is 4.26. The van der Waals surface area contributed by atoms with Crippen molar-refractivity contribution in [3.05, 3.63) is 10.6 Å². The molecule has 0 aromatic heterocycles. The first-order chi connectivity index (χ1) is 5.72. The van der Waals surface area contributed by atoms with Gasteiger partial charge in [0.2, 0.25) is 0 Å². The molecule has 0 spiro atoms. The van der Waals surface area contributed by atoms with Gasteiger partial charge in [-0.25, -0.2) is 0 Å². The normalized spacial score (nSPS) is 22.1. The molecule has 3 heteroatoms. The first-order valence-corrected chi connectivity index (χ1v) is 5.26. The summed E-state index contributed by atoms with van der Waals surface area (Å²) in [6.45, 7) is 4.85. The molecule has 0 radical (unpaired) electrons. The predicted octanol–water partition coefficient (Wildman–Crippen LogP) is 1.74. The van der Waals surface area contributed by atoms with Gasteiger partial charge in [0.1, 0.15) is 0 Å². The summed E-state index contributed by atoms with van der Waals surface area (Å²) in [7, 11) is 0. The summed E-state index contributed by atoms with van der Waals surface area (Å²) in [5, 5.41) is 9.42. The fourth-order valence-corrected chi connectivity index (χ4v) is 1.93. The van der Waals surface area contributed by atoms with Crippen LogP contribution in [0.2, 0.25) is 0 Å². The molecule has 1 aliphatic rings. The van der Waals surface area contributed by atoms with Crippen molar-refractivity contribution >= 4 is 15.9 Å². The third-order valence-electron chi connectivity index (χ3n) is 2.13. The molecule has 0 amide bonds. The van der Waals surface area contributed by atoms with Gasteiger partial charge in [0, 0.05) is 24.1 Å². The minimum absolute atomic E-state index is 0.164. The van der Waals surface area contributed by atoms with Gasteiger partial charge in [-0.2, -0.15) is 0 Å². The van der Waals surface area contributed by atoms with E-state index in [4.69, 9.17) is 0 Å². The summed E-state index contributed by atoms with van der Waals surface area (Å²) in [5.41, 5.74) is 0. The Morgan fingerprint density at radius 3 is 3.08 bits per heavy atom. The highest BCUT2D eigenvalue weighted by molar-refractivity contribution is 9.11. The lowest BCUT2D eigenvalue weighted by Gasteiger charge is -2.26. The van der Waals surface area contributed by atoms with E-state index in [0.717, 1.165) is 32.5 Å². The molecule has 0 saturated heterocycles. The minimum atomic E-state index is -0.164. The van der Waals surface area contributed by atoms with Crippen molar-refractivity contribution in [2.24, 2.45) is 0 Å². The van der Waals surface area contributed by atoms with Crippen LogP contribution in [-0.2, 0) is 0 Å². The number of rotatable bonds is 3. The maximum Gasteiger partial charge on any atom is 0.0664 e. The molecule has 70 valence electrons. The highest BCUT2D eigenvalue weighted by atomic mass is 79.9. The van der Waals surface area contributed by atoms with Crippen LogP contribution in [0, 0.1) is 0 Å². The molecule has 1 aliphatic heterocycles. The molecular weight excluding hydrogens is 218 g/mol. The first-order valence-electron chi connectivity index (χ1n) is 4.47. The van der Waals surface area contributed by atoms with E-state index in [2.05, 4.69) is 26.9 Å². The van der Waals surface area contributed by atoms with Crippen LogP contribution < -0.4 is 0 Å². The Balaban J connectivity index is 2.30. The lowest BCUT2D eigenvalue weighted by Crippen LogP contribution is -2.35. The number of β-amino-alcohol motifs (C(OH)–C–C–N with tert-alkyl or cyclic N) is 1. The molecule has 1 rings (SSSR count). The monoisotopic (exact) mass is 233 g/mol. The molecule has 0 aromatic rings. The highest BCUT2D eigenvalue weighted by Gasteiger charge is 2.13. The van der Waals surface area contributed by atoms with Crippen molar-refractivity contribution in [1.82, 2.24) is 4.90 Å². The first kappa shape index (κ1) is 10.2. The quantitative estimate of drug-likeness (QED) is 0.804. The van der Waals surface area contributed by atoms with Crippen molar-refractivity contribution in [3.63, 3.8) is 0 Å². The summed E-state index contributed by atoms with van der Waals surface area (Å²) in [6.07, 6.45) is 3.98. The average molecular weight is 234 g/mol. The molecule has 1 atom stereocenters. The molecule has 2 nitrogen and oxygen atoms in total. The molecule has 0 bridgehead atoms. The largest absolute Gasteiger partial charge is 0.392 e. The van der Waals surface area contributed by atoms with Gasteiger partial charge in [0.15, 0.2) is 0 Å². The van der Waals surface area contributed by atoms with Crippen LogP contribution in [0.1, 0.15) is 19.8 Å².